The first-order valence-corrected chi connectivity index (χ1v) is 8.19. The van der Waals surface area contributed by atoms with Gasteiger partial charge < -0.3 is 14.6 Å². The number of aromatic nitrogens is 3. The molecule has 0 spiro atoms. The number of benzene rings is 1. The molecule has 2 heterocycles. The number of anilines is 1. The molecule has 0 saturated carbocycles. The minimum absolute atomic E-state index is 0.107. The molecule has 0 unspecified atom stereocenters. The second-order valence-electron chi connectivity index (χ2n) is 5.18. The fourth-order valence-electron chi connectivity index (χ4n) is 1.91. The topological polar surface area (TPSA) is 107 Å². The average molecular weight is 358 g/mol. The quantitative estimate of drug-likeness (QED) is 0.699. The molecule has 0 aliphatic rings. The number of hydrogen-bond acceptors (Lipinski definition) is 8. The number of nitrogens with zero attached hydrogens (tertiary/aromatic N) is 3. The monoisotopic (exact) mass is 358 g/mol. The van der Waals surface area contributed by atoms with Gasteiger partial charge in [-0.25, -0.2) is 9.78 Å². The molecule has 0 bridgehead atoms. The van der Waals surface area contributed by atoms with Gasteiger partial charge in [-0.2, -0.15) is 4.98 Å². The van der Waals surface area contributed by atoms with Crippen LogP contribution in [0.15, 0.2) is 34.2 Å². The molecule has 0 fully saturated rings. The second kappa shape index (κ2) is 7.22. The normalized spacial score (nSPS) is 10.5. The van der Waals surface area contributed by atoms with Crippen molar-refractivity contribution < 1.29 is 18.8 Å². The lowest BCUT2D eigenvalue weighted by atomic mass is 10.1. The largest absolute Gasteiger partial charge is 0.453 e. The van der Waals surface area contributed by atoms with Crippen molar-refractivity contribution in [3.8, 4) is 11.5 Å². The Hall–Kier alpha value is -3.07. The lowest BCUT2D eigenvalue weighted by Gasteiger charge is -1.98. The maximum absolute atomic E-state index is 12.0. The highest BCUT2D eigenvalue weighted by Crippen LogP contribution is 2.19. The molecule has 0 aliphatic carbocycles. The van der Waals surface area contributed by atoms with Gasteiger partial charge >= 0.3 is 5.97 Å². The minimum atomic E-state index is -0.630. The molecule has 0 atom stereocenters. The molecule has 1 amide bonds. The first-order valence-electron chi connectivity index (χ1n) is 7.31. The zero-order valence-electron chi connectivity index (χ0n) is 13.5. The van der Waals surface area contributed by atoms with Gasteiger partial charge in [-0.05, 0) is 19.1 Å². The summed E-state index contributed by atoms with van der Waals surface area (Å²) in [5.41, 5.74) is 2.02. The lowest BCUT2D eigenvalue weighted by molar-refractivity contribution is -0.114. The molecule has 128 valence electrons. The average Bonchev–Trinajstić information content (AvgIpc) is 3.22. The number of carbonyl (C=O) groups excluding carboxylic acids is 2. The lowest BCUT2D eigenvalue weighted by Crippen LogP contribution is -2.08. The van der Waals surface area contributed by atoms with Crippen molar-refractivity contribution in [1.82, 2.24) is 15.1 Å². The van der Waals surface area contributed by atoms with E-state index in [-0.39, 0.29) is 24.0 Å². The van der Waals surface area contributed by atoms with Crippen LogP contribution in [-0.2, 0) is 16.1 Å². The van der Waals surface area contributed by atoms with Crippen molar-refractivity contribution >= 4 is 28.3 Å². The zero-order valence-corrected chi connectivity index (χ0v) is 14.3. The SMILES string of the molecule is CC(=O)Nc1nc(C(=O)OCc2noc(-c3ccc(C)cc3)n2)cs1. The number of ether oxygens (including phenoxy) is 1. The van der Waals surface area contributed by atoms with Crippen molar-refractivity contribution in [2.45, 2.75) is 20.5 Å². The smallest absolute Gasteiger partial charge is 0.358 e. The van der Waals surface area contributed by atoms with E-state index in [1.54, 1.807) is 0 Å². The number of carbonyl (C=O) groups is 2. The Bertz CT molecular complexity index is 901. The van der Waals surface area contributed by atoms with Crippen LogP contribution >= 0.6 is 11.3 Å². The summed E-state index contributed by atoms with van der Waals surface area (Å²) in [5.74, 6) is -0.284. The molecule has 2 aromatic heterocycles. The predicted octanol–water partition coefficient (Wildman–Crippen LogP) is 2.82. The van der Waals surface area contributed by atoms with E-state index in [1.165, 1.54) is 12.3 Å². The molecule has 0 aliphatic heterocycles. The summed E-state index contributed by atoms with van der Waals surface area (Å²) in [6, 6.07) is 7.62. The molecular formula is C16H14N4O4S. The Morgan fingerprint density at radius 3 is 2.72 bits per heavy atom. The summed E-state index contributed by atoms with van der Waals surface area (Å²) in [6.45, 7) is 3.21. The van der Waals surface area contributed by atoms with Gasteiger partial charge in [-0.1, -0.05) is 22.9 Å². The number of thiazole rings is 1. The molecular weight excluding hydrogens is 344 g/mol. The van der Waals surface area contributed by atoms with Gasteiger partial charge in [0.1, 0.15) is 0 Å². The summed E-state index contributed by atoms with van der Waals surface area (Å²) in [5, 5.41) is 8.12. The first-order chi connectivity index (χ1) is 12.0. The van der Waals surface area contributed by atoms with E-state index in [9.17, 15) is 9.59 Å². The summed E-state index contributed by atoms with van der Waals surface area (Å²) in [6.07, 6.45) is 0. The maximum Gasteiger partial charge on any atom is 0.358 e. The second-order valence-corrected chi connectivity index (χ2v) is 6.04. The van der Waals surface area contributed by atoms with Crippen molar-refractivity contribution in [3.05, 3.63) is 46.7 Å². The van der Waals surface area contributed by atoms with Crippen LogP contribution in [0.3, 0.4) is 0 Å². The molecule has 1 aromatic carbocycles. The Balaban J connectivity index is 1.60. The van der Waals surface area contributed by atoms with E-state index >= 15 is 0 Å². The van der Waals surface area contributed by atoms with Crippen molar-refractivity contribution in [1.29, 1.82) is 0 Å². The molecule has 8 nitrogen and oxygen atoms in total. The molecule has 3 aromatic rings. The third-order valence-corrected chi connectivity index (χ3v) is 3.85. The van der Waals surface area contributed by atoms with Gasteiger partial charge in [0.05, 0.1) is 0 Å². The summed E-state index contributed by atoms with van der Waals surface area (Å²) >= 11 is 1.14. The number of aryl methyl sites for hydroxylation is 1. The fourth-order valence-corrected chi connectivity index (χ4v) is 2.63. The van der Waals surface area contributed by atoms with E-state index in [0.29, 0.717) is 11.0 Å². The van der Waals surface area contributed by atoms with Gasteiger partial charge in [0, 0.05) is 17.9 Å². The fraction of sp³-hybridized carbons (Fsp3) is 0.188. The van der Waals surface area contributed by atoms with Crippen LogP contribution in [0, 0.1) is 6.92 Å². The highest BCUT2D eigenvalue weighted by molar-refractivity contribution is 7.14. The van der Waals surface area contributed by atoms with E-state index in [4.69, 9.17) is 9.26 Å². The minimum Gasteiger partial charge on any atom is -0.453 e. The van der Waals surface area contributed by atoms with Crippen LogP contribution in [0.2, 0.25) is 0 Å². The predicted molar refractivity (Wildman–Crippen MR) is 90.0 cm³/mol. The number of esters is 1. The summed E-state index contributed by atoms with van der Waals surface area (Å²) in [4.78, 5) is 31.1. The van der Waals surface area contributed by atoms with E-state index in [0.717, 1.165) is 22.5 Å². The van der Waals surface area contributed by atoms with Crippen molar-refractivity contribution in [2.75, 3.05) is 5.32 Å². The number of amides is 1. The van der Waals surface area contributed by atoms with Crippen LogP contribution in [-0.4, -0.2) is 27.0 Å². The van der Waals surface area contributed by atoms with Crippen LogP contribution in [0.25, 0.3) is 11.5 Å². The standard InChI is InChI=1S/C16H14N4O4S/c1-9-3-5-11(6-4-9)14-19-13(20-24-14)7-23-15(22)12-8-25-16(18-12)17-10(2)21/h3-6,8H,7H2,1-2H3,(H,17,18,21). The maximum atomic E-state index is 12.0. The molecule has 0 saturated heterocycles. The Labute approximate surface area is 146 Å². The third kappa shape index (κ3) is 4.27. The van der Waals surface area contributed by atoms with Gasteiger partial charge in [0.25, 0.3) is 5.89 Å². The van der Waals surface area contributed by atoms with Gasteiger partial charge in [-0.3, -0.25) is 4.79 Å². The Morgan fingerprint density at radius 1 is 1.24 bits per heavy atom. The molecule has 1 N–H and O–H groups in total. The van der Waals surface area contributed by atoms with E-state index in [1.807, 2.05) is 31.2 Å². The Kier molecular flexibility index (Phi) is 4.85. The number of nitrogens with one attached hydrogen (secondary N) is 1. The van der Waals surface area contributed by atoms with Gasteiger partial charge in [-0.15, -0.1) is 11.3 Å². The third-order valence-electron chi connectivity index (χ3n) is 3.10. The highest BCUT2D eigenvalue weighted by atomic mass is 32.1. The summed E-state index contributed by atoms with van der Waals surface area (Å²) < 4.78 is 10.3. The molecule has 9 heteroatoms. The molecule has 0 radical (unpaired) electrons. The number of rotatable bonds is 5. The Morgan fingerprint density at radius 2 is 2.00 bits per heavy atom. The highest BCUT2D eigenvalue weighted by Gasteiger charge is 2.15. The van der Waals surface area contributed by atoms with Crippen molar-refractivity contribution in [2.24, 2.45) is 0 Å². The van der Waals surface area contributed by atoms with Crippen LogP contribution in [0.5, 0.6) is 0 Å². The molecule has 25 heavy (non-hydrogen) atoms. The van der Waals surface area contributed by atoms with E-state index < -0.39 is 5.97 Å². The van der Waals surface area contributed by atoms with Gasteiger partial charge in [0.15, 0.2) is 17.4 Å². The van der Waals surface area contributed by atoms with Crippen LogP contribution in [0.4, 0.5) is 5.13 Å². The first kappa shape index (κ1) is 16.8. The number of hydrogen-bond donors (Lipinski definition) is 1. The van der Waals surface area contributed by atoms with E-state index in [2.05, 4.69) is 20.4 Å². The van der Waals surface area contributed by atoms with Crippen LogP contribution in [0.1, 0.15) is 28.8 Å². The van der Waals surface area contributed by atoms with Crippen molar-refractivity contribution in [3.63, 3.8) is 0 Å². The van der Waals surface area contributed by atoms with Gasteiger partial charge in [0.2, 0.25) is 11.7 Å². The van der Waals surface area contributed by atoms with Crippen LogP contribution < -0.4 is 5.32 Å². The molecule has 3 rings (SSSR count). The summed E-state index contributed by atoms with van der Waals surface area (Å²) in [7, 11) is 0. The zero-order chi connectivity index (χ0) is 17.8.